The molecule has 2 rings (SSSR count). The molecule has 0 bridgehead atoms. The first-order chi connectivity index (χ1) is 9.71. The van der Waals surface area contributed by atoms with Crippen molar-refractivity contribution in [2.75, 3.05) is 16.8 Å². The lowest BCUT2D eigenvalue weighted by molar-refractivity contribution is -0.137. The van der Waals surface area contributed by atoms with Gasteiger partial charge >= 0.3 is 6.18 Å². The van der Waals surface area contributed by atoms with Gasteiger partial charge in [-0.1, -0.05) is 13.8 Å². The van der Waals surface area contributed by atoms with Crippen LogP contribution in [0, 0.1) is 16.7 Å². The summed E-state index contributed by atoms with van der Waals surface area (Å²) in [6.07, 6.45) is -3.49. The molecule has 21 heavy (non-hydrogen) atoms. The Morgan fingerprint density at radius 2 is 2.10 bits per heavy atom. The molecule has 1 aliphatic heterocycles. The lowest BCUT2D eigenvalue weighted by Crippen LogP contribution is -2.35. The Balaban J connectivity index is 2.19. The molecule has 1 aromatic rings. The SMILES string of the molecule is CC1(C)CSCC(Nc2ccc(C(F)(F)F)cc2C#N)C1. The standard InChI is InChI=1S/C15H17F3N2S/c1-14(2)6-12(8-21-9-14)20-13-4-3-11(15(16,17)18)5-10(13)7-19/h3-5,12,20H,6,8-9H2,1-2H3. The summed E-state index contributed by atoms with van der Waals surface area (Å²) in [5.74, 6) is 1.97. The topological polar surface area (TPSA) is 35.8 Å². The lowest BCUT2D eigenvalue weighted by Gasteiger charge is -2.35. The van der Waals surface area contributed by atoms with E-state index in [9.17, 15) is 13.2 Å². The fourth-order valence-corrected chi connectivity index (χ4v) is 3.79. The molecule has 0 saturated carbocycles. The molecule has 1 aliphatic rings. The molecule has 6 heteroatoms. The van der Waals surface area contributed by atoms with Gasteiger partial charge in [-0.05, 0) is 35.8 Å². The minimum absolute atomic E-state index is 0.0400. The van der Waals surface area contributed by atoms with E-state index in [1.165, 1.54) is 6.07 Å². The second kappa shape index (κ2) is 5.80. The second-order valence-corrected chi connectivity index (χ2v) is 7.12. The Morgan fingerprint density at radius 1 is 1.38 bits per heavy atom. The number of halogens is 3. The van der Waals surface area contributed by atoms with Crippen molar-refractivity contribution in [1.82, 2.24) is 0 Å². The van der Waals surface area contributed by atoms with Gasteiger partial charge in [0.15, 0.2) is 0 Å². The van der Waals surface area contributed by atoms with Crippen LogP contribution in [0.3, 0.4) is 0 Å². The smallest absolute Gasteiger partial charge is 0.380 e. The third kappa shape index (κ3) is 4.07. The van der Waals surface area contributed by atoms with Gasteiger partial charge in [0, 0.05) is 11.8 Å². The molecule has 1 aromatic carbocycles. The van der Waals surface area contributed by atoms with Crippen molar-refractivity contribution in [2.45, 2.75) is 32.5 Å². The van der Waals surface area contributed by atoms with E-state index in [0.717, 1.165) is 30.1 Å². The highest BCUT2D eigenvalue weighted by Gasteiger charge is 2.32. The Kier molecular flexibility index (Phi) is 4.43. The second-order valence-electron chi connectivity index (χ2n) is 6.09. The maximum Gasteiger partial charge on any atom is 0.416 e. The molecule has 0 amide bonds. The van der Waals surface area contributed by atoms with Crippen molar-refractivity contribution >= 4 is 17.4 Å². The van der Waals surface area contributed by atoms with Gasteiger partial charge in [-0.25, -0.2) is 0 Å². The number of thioether (sulfide) groups is 1. The normalized spacial score (nSPS) is 21.6. The average Bonchev–Trinajstić information content (AvgIpc) is 2.36. The molecule has 0 radical (unpaired) electrons. The van der Waals surface area contributed by atoms with Crippen molar-refractivity contribution in [2.24, 2.45) is 5.41 Å². The Morgan fingerprint density at radius 3 is 2.67 bits per heavy atom. The van der Waals surface area contributed by atoms with Gasteiger partial charge < -0.3 is 5.32 Å². The molecule has 0 aliphatic carbocycles. The number of alkyl halides is 3. The third-order valence-electron chi connectivity index (χ3n) is 3.44. The molecular formula is C15H17F3N2S. The van der Waals surface area contributed by atoms with E-state index >= 15 is 0 Å². The Bertz CT molecular complexity index is 561. The molecule has 2 nitrogen and oxygen atoms in total. The van der Waals surface area contributed by atoms with E-state index in [1.54, 1.807) is 0 Å². The monoisotopic (exact) mass is 314 g/mol. The molecule has 0 aromatic heterocycles. The van der Waals surface area contributed by atoms with Crippen molar-refractivity contribution in [3.8, 4) is 6.07 Å². The predicted octanol–water partition coefficient (Wildman–Crippen LogP) is 4.52. The fourth-order valence-electron chi connectivity index (χ4n) is 2.51. The quantitative estimate of drug-likeness (QED) is 0.872. The van der Waals surface area contributed by atoms with Gasteiger partial charge in [-0.15, -0.1) is 0 Å². The first-order valence-corrected chi connectivity index (χ1v) is 7.82. The summed E-state index contributed by atoms with van der Waals surface area (Å²) in [5, 5.41) is 12.3. The highest BCUT2D eigenvalue weighted by molar-refractivity contribution is 7.99. The van der Waals surface area contributed by atoms with Crippen LogP contribution in [0.4, 0.5) is 18.9 Å². The van der Waals surface area contributed by atoms with Gasteiger partial charge in [0.1, 0.15) is 6.07 Å². The van der Waals surface area contributed by atoms with Crippen LogP contribution in [0.15, 0.2) is 18.2 Å². The zero-order valence-electron chi connectivity index (χ0n) is 11.9. The van der Waals surface area contributed by atoms with Crippen molar-refractivity contribution < 1.29 is 13.2 Å². The molecule has 114 valence electrons. The van der Waals surface area contributed by atoms with Gasteiger partial charge in [-0.2, -0.15) is 30.2 Å². The minimum Gasteiger partial charge on any atom is -0.380 e. The molecule has 1 saturated heterocycles. The summed E-state index contributed by atoms with van der Waals surface area (Å²) in [6.45, 7) is 4.34. The zero-order chi connectivity index (χ0) is 15.7. The van der Waals surface area contributed by atoms with Crippen LogP contribution in [-0.2, 0) is 6.18 Å². The van der Waals surface area contributed by atoms with Crippen LogP contribution in [0.2, 0.25) is 0 Å². The highest BCUT2D eigenvalue weighted by atomic mass is 32.2. The van der Waals surface area contributed by atoms with Gasteiger partial charge in [0.2, 0.25) is 0 Å². The number of hydrogen-bond donors (Lipinski definition) is 1. The molecule has 1 N–H and O–H groups in total. The first kappa shape index (κ1) is 16.0. The molecule has 1 heterocycles. The first-order valence-electron chi connectivity index (χ1n) is 6.67. The average molecular weight is 314 g/mol. The largest absolute Gasteiger partial charge is 0.416 e. The Hall–Kier alpha value is -1.35. The lowest BCUT2D eigenvalue weighted by atomic mass is 9.87. The maximum absolute atomic E-state index is 12.7. The molecular weight excluding hydrogens is 297 g/mol. The van der Waals surface area contributed by atoms with E-state index in [1.807, 2.05) is 17.8 Å². The third-order valence-corrected chi connectivity index (χ3v) is 5.06. The summed E-state index contributed by atoms with van der Waals surface area (Å²) < 4.78 is 38.0. The van der Waals surface area contributed by atoms with Crippen LogP contribution in [-0.4, -0.2) is 17.5 Å². The van der Waals surface area contributed by atoms with Crippen molar-refractivity contribution in [3.05, 3.63) is 29.3 Å². The zero-order valence-corrected chi connectivity index (χ0v) is 12.7. The number of anilines is 1. The van der Waals surface area contributed by atoms with Gasteiger partial charge in [-0.3, -0.25) is 0 Å². The minimum atomic E-state index is -4.42. The van der Waals surface area contributed by atoms with Crippen molar-refractivity contribution in [1.29, 1.82) is 5.26 Å². The predicted molar refractivity (Wildman–Crippen MR) is 79.3 cm³/mol. The van der Waals surface area contributed by atoms with Crippen LogP contribution in [0.25, 0.3) is 0 Å². The molecule has 1 atom stereocenters. The van der Waals surface area contributed by atoms with Crippen LogP contribution >= 0.6 is 11.8 Å². The highest BCUT2D eigenvalue weighted by Crippen LogP contribution is 2.36. The van der Waals surface area contributed by atoms with Crippen LogP contribution < -0.4 is 5.32 Å². The number of benzene rings is 1. The summed E-state index contributed by atoms with van der Waals surface area (Å²) >= 11 is 1.82. The van der Waals surface area contributed by atoms with E-state index in [-0.39, 0.29) is 17.0 Å². The van der Waals surface area contributed by atoms with Crippen LogP contribution in [0.5, 0.6) is 0 Å². The van der Waals surface area contributed by atoms with Gasteiger partial charge in [0.05, 0.1) is 16.8 Å². The van der Waals surface area contributed by atoms with E-state index in [0.29, 0.717) is 5.69 Å². The summed E-state index contributed by atoms with van der Waals surface area (Å²) in [6, 6.07) is 5.30. The number of nitriles is 1. The summed E-state index contributed by atoms with van der Waals surface area (Å²) in [7, 11) is 0. The maximum atomic E-state index is 12.7. The molecule has 0 spiro atoms. The van der Waals surface area contributed by atoms with E-state index in [2.05, 4.69) is 19.2 Å². The van der Waals surface area contributed by atoms with E-state index < -0.39 is 11.7 Å². The number of hydrogen-bond acceptors (Lipinski definition) is 3. The molecule has 1 fully saturated rings. The number of nitrogens with one attached hydrogen (secondary N) is 1. The molecule has 1 unspecified atom stereocenters. The summed E-state index contributed by atoms with van der Waals surface area (Å²) in [4.78, 5) is 0. The van der Waals surface area contributed by atoms with Crippen LogP contribution in [0.1, 0.15) is 31.4 Å². The Labute approximate surface area is 126 Å². The fraction of sp³-hybridized carbons (Fsp3) is 0.533. The van der Waals surface area contributed by atoms with E-state index in [4.69, 9.17) is 5.26 Å². The summed E-state index contributed by atoms with van der Waals surface area (Å²) in [5.41, 5.74) is -0.0748. The van der Waals surface area contributed by atoms with Gasteiger partial charge in [0.25, 0.3) is 0 Å². The number of rotatable bonds is 2. The number of nitrogens with zero attached hydrogens (tertiary/aromatic N) is 1. The van der Waals surface area contributed by atoms with Crippen molar-refractivity contribution in [3.63, 3.8) is 0 Å².